The minimum Gasteiger partial charge on any atom is -0.508 e. The number of aldehydes is 1. The molecule has 0 radical (unpaired) electrons. The number of phenols is 1. The van der Waals surface area contributed by atoms with Crippen LogP contribution in [-0.4, -0.2) is 18.1 Å². The number of phenolic OH excluding ortho intramolecular Hbond substituents is 1. The van der Waals surface area contributed by atoms with E-state index in [9.17, 15) is 9.90 Å². The third-order valence-corrected chi connectivity index (χ3v) is 5.77. The van der Waals surface area contributed by atoms with Gasteiger partial charge in [0, 0.05) is 5.56 Å². The molecule has 0 fully saturated rings. The Morgan fingerprint density at radius 3 is 2.21 bits per heavy atom. The molecule has 0 amide bonds. The van der Waals surface area contributed by atoms with Crippen molar-refractivity contribution in [1.82, 2.24) is 0 Å². The zero-order valence-electron chi connectivity index (χ0n) is 23.1. The molecule has 0 heterocycles. The van der Waals surface area contributed by atoms with Crippen LogP contribution in [-0.2, 0) is 22.1 Å². The first-order chi connectivity index (χ1) is 15.5. The molecule has 0 bridgehead atoms. The molecule has 0 spiro atoms. The smallest absolute Gasteiger partial charge is 0.189 e. The van der Waals surface area contributed by atoms with Gasteiger partial charge < -0.3 is 14.6 Å². The maximum atomic E-state index is 11.9. The molecular formula is C25H34O4. The fourth-order valence-corrected chi connectivity index (χ4v) is 2.71. The number of hydrogen-bond acceptors (Lipinski definition) is 4. The average Bonchev–Trinajstić information content (AvgIpc) is 2.72. The summed E-state index contributed by atoms with van der Waals surface area (Å²) in [5.74, 6) is -0.619. The predicted molar refractivity (Wildman–Crippen MR) is 117 cm³/mol. The number of aromatic hydroxyl groups is 1. The summed E-state index contributed by atoms with van der Waals surface area (Å²) in [5.41, 5.74) is 0.580. The molecular weight excluding hydrogens is 364 g/mol. The van der Waals surface area contributed by atoms with Gasteiger partial charge in [-0.15, -0.1) is 0 Å². The number of ether oxygens (including phenoxy) is 2. The molecule has 1 N–H and O–H groups in total. The highest BCUT2D eigenvalue weighted by molar-refractivity contribution is 5.79. The second-order valence-electron chi connectivity index (χ2n) is 8.41. The normalized spacial score (nSPS) is 15.6. The molecule has 4 heteroatoms. The molecule has 2 aromatic rings. The van der Waals surface area contributed by atoms with E-state index in [4.69, 9.17) is 16.3 Å². The largest absolute Gasteiger partial charge is 0.508 e. The van der Waals surface area contributed by atoms with E-state index in [1.54, 1.807) is 12.1 Å². The van der Waals surface area contributed by atoms with E-state index in [0.717, 1.165) is 24.0 Å². The Kier molecular flexibility index (Phi) is 5.36. The first-order valence-electron chi connectivity index (χ1n) is 12.3. The number of carbonyl (C=O) groups is 1. The van der Waals surface area contributed by atoms with Gasteiger partial charge in [-0.3, -0.25) is 4.79 Å². The zero-order chi connectivity index (χ0) is 26.1. The minimum atomic E-state index is -3.02. The summed E-state index contributed by atoms with van der Waals surface area (Å²) in [6, 6.07) is 9.04. The fraction of sp³-hybridized carbons (Fsp3) is 0.480. The Bertz CT molecular complexity index is 1050. The van der Waals surface area contributed by atoms with Crippen LogP contribution in [0.25, 0.3) is 0 Å². The SMILES string of the molecule is [2H]C(=O)c1cc(C(C)(C)CC)ccc1OC([2H])([2H])OC([2H])([2H])c1cc(C(C)(C)CC)ccc1O. The lowest BCUT2D eigenvalue weighted by atomic mass is 9.81. The van der Waals surface area contributed by atoms with Crippen molar-refractivity contribution >= 4 is 6.26 Å². The van der Waals surface area contributed by atoms with Gasteiger partial charge >= 0.3 is 0 Å². The molecule has 0 atom stereocenters. The van der Waals surface area contributed by atoms with E-state index in [1.807, 2.05) is 41.5 Å². The molecule has 0 aliphatic rings. The lowest BCUT2D eigenvalue weighted by Crippen LogP contribution is -2.16. The van der Waals surface area contributed by atoms with Gasteiger partial charge in [-0.25, -0.2) is 0 Å². The predicted octanol–water partition coefficient (Wildman–Crippen LogP) is 6.13. The van der Waals surface area contributed by atoms with Crippen LogP contribution in [0.5, 0.6) is 11.5 Å². The van der Waals surface area contributed by atoms with Gasteiger partial charge in [0.25, 0.3) is 0 Å². The highest BCUT2D eigenvalue weighted by atomic mass is 16.7. The Morgan fingerprint density at radius 1 is 1.03 bits per heavy atom. The molecule has 158 valence electrons. The molecule has 0 saturated heterocycles. The van der Waals surface area contributed by atoms with Gasteiger partial charge in [-0.05, 0) is 59.1 Å². The lowest BCUT2D eigenvalue weighted by molar-refractivity contribution is 0.00407. The summed E-state index contributed by atoms with van der Waals surface area (Å²) in [6.07, 6.45) is 0.481. The summed E-state index contributed by atoms with van der Waals surface area (Å²) in [5, 5.41) is 10.3. The highest BCUT2D eigenvalue weighted by Crippen LogP contribution is 2.31. The van der Waals surface area contributed by atoms with Crippen molar-refractivity contribution < 1.29 is 26.2 Å². The summed E-state index contributed by atoms with van der Waals surface area (Å²) >= 11 is 0. The molecule has 0 aromatic heterocycles. The third-order valence-electron chi connectivity index (χ3n) is 5.77. The van der Waals surface area contributed by atoms with Crippen molar-refractivity contribution in [2.75, 3.05) is 6.75 Å². The van der Waals surface area contributed by atoms with Crippen molar-refractivity contribution in [3.8, 4) is 11.5 Å². The molecule has 0 aliphatic heterocycles. The van der Waals surface area contributed by atoms with Gasteiger partial charge in [0.1, 0.15) is 15.6 Å². The van der Waals surface area contributed by atoms with Crippen LogP contribution >= 0.6 is 0 Å². The average molecular weight is 404 g/mol. The van der Waals surface area contributed by atoms with Crippen LogP contribution in [0.4, 0.5) is 0 Å². The second-order valence-corrected chi connectivity index (χ2v) is 8.41. The maximum Gasteiger partial charge on any atom is 0.189 e. The van der Waals surface area contributed by atoms with Crippen molar-refractivity contribution in [3.63, 3.8) is 0 Å². The minimum absolute atomic E-state index is 0.151. The molecule has 29 heavy (non-hydrogen) atoms. The van der Waals surface area contributed by atoms with Crippen LogP contribution in [0.1, 0.15) is 88.3 Å². The summed E-state index contributed by atoms with van der Waals surface area (Å²) < 4.78 is 50.8. The van der Waals surface area contributed by atoms with Gasteiger partial charge in [0.15, 0.2) is 13.0 Å². The van der Waals surface area contributed by atoms with Crippen LogP contribution in [0.15, 0.2) is 36.4 Å². The van der Waals surface area contributed by atoms with Gasteiger partial charge in [0.2, 0.25) is 0 Å². The van der Waals surface area contributed by atoms with E-state index < -0.39 is 19.6 Å². The Labute approximate surface area is 181 Å². The number of rotatable bonds is 10. The van der Waals surface area contributed by atoms with Crippen LogP contribution < -0.4 is 4.74 Å². The maximum absolute atomic E-state index is 11.9. The summed E-state index contributed by atoms with van der Waals surface area (Å²) in [7, 11) is 0. The van der Waals surface area contributed by atoms with E-state index in [-0.39, 0.29) is 33.5 Å². The van der Waals surface area contributed by atoms with E-state index in [0.29, 0.717) is 0 Å². The molecule has 2 rings (SSSR count). The number of hydrogen-bond donors (Lipinski definition) is 1. The quantitative estimate of drug-likeness (QED) is 0.383. The lowest BCUT2D eigenvalue weighted by Gasteiger charge is -2.24. The molecule has 0 saturated carbocycles. The van der Waals surface area contributed by atoms with Crippen LogP contribution in [0.3, 0.4) is 0 Å². The Morgan fingerprint density at radius 2 is 1.62 bits per heavy atom. The van der Waals surface area contributed by atoms with Gasteiger partial charge in [-0.2, -0.15) is 0 Å². The summed E-state index contributed by atoms with van der Waals surface area (Å²) in [6.45, 7) is 6.13. The Hall–Kier alpha value is -2.33. The molecule has 4 nitrogen and oxygen atoms in total. The number of benzene rings is 2. The van der Waals surface area contributed by atoms with Gasteiger partial charge in [0.05, 0.1) is 14.9 Å². The molecule has 0 aliphatic carbocycles. The van der Waals surface area contributed by atoms with Crippen molar-refractivity contribution in [2.24, 2.45) is 0 Å². The monoisotopic (exact) mass is 403 g/mol. The van der Waals surface area contributed by atoms with Crippen molar-refractivity contribution in [2.45, 2.75) is 71.8 Å². The highest BCUT2D eigenvalue weighted by Gasteiger charge is 2.20. The first kappa shape index (κ1) is 16.5. The topological polar surface area (TPSA) is 55.8 Å². The fourth-order valence-electron chi connectivity index (χ4n) is 2.71. The van der Waals surface area contributed by atoms with Crippen LogP contribution in [0.2, 0.25) is 0 Å². The zero-order valence-corrected chi connectivity index (χ0v) is 18.1. The Balaban J connectivity index is 2.40. The van der Waals surface area contributed by atoms with E-state index in [1.165, 1.54) is 24.3 Å². The van der Waals surface area contributed by atoms with Crippen molar-refractivity contribution in [3.05, 3.63) is 58.7 Å². The first-order valence-corrected chi connectivity index (χ1v) is 9.84. The van der Waals surface area contributed by atoms with Gasteiger partial charge in [-0.1, -0.05) is 53.7 Å². The van der Waals surface area contributed by atoms with E-state index >= 15 is 0 Å². The van der Waals surface area contributed by atoms with E-state index in [2.05, 4.69) is 0 Å². The third kappa shape index (κ3) is 5.60. The second kappa shape index (κ2) is 9.45. The summed E-state index contributed by atoms with van der Waals surface area (Å²) in [4.78, 5) is 11.9. The van der Waals surface area contributed by atoms with Crippen molar-refractivity contribution in [1.29, 1.82) is 0 Å². The number of carbonyl (C=O) groups excluding carboxylic acids is 1. The molecule has 2 aromatic carbocycles. The van der Waals surface area contributed by atoms with Crippen LogP contribution in [0, 0.1) is 0 Å². The molecule has 0 unspecified atom stereocenters. The standard InChI is InChI=1S/C25H34O4/c1-7-24(3,4)20-9-11-22(27)19(14-20)16-28-17-29-23-12-10-21(13-18(23)15-26)25(5,6)8-2/h9-15,27H,7-8,16-17H2,1-6H3/i15D,16D2,17D2.